The number of aromatic nitrogens is 4. The Hall–Kier alpha value is -10.3. The van der Waals surface area contributed by atoms with Gasteiger partial charge in [-0.25, -0.2) is 0 Å². The summed E-state index contributed by atoms with van der Waals surface area (Å²) in [6.45, 7) is 2.92. The molecule has 33 heteroatoms. The van der Waals surface area contributed by atoms with Crippen LogP contribution in [0.3, 0.4) is 0 Å². The largest absolute Gasteiger partial charge is 0.425 e. The van der Waals surface area contributed by atoms with Crippen molar-refractivity contribution in [3.8, 4) is 0 Å². The lowest BCUT2D eigenvalue weighted by Gasteiger charge is -2.24. The highest BCUT2D eigenvalue weighted by Crippen LogP contribution is 2.14. The van der Waals surface area contributed by atoms with Crippen molar-refractivity contribution in [2.24, 2.45) is 5.11 Å². The fourth-order valence-corrected chi connectivity index (χ4v) is 8.69. The van der Waals surface area contributed by atoms with Gasteiger partial charge in [0.1, 0.15) is 33.9 Å². The SMILES string of the molecule is CCCNC(=O)c1ccc(C(=O)NC[C@H](CCCCNC(=S)Nc2ccc(NC(=S)NCCCN=[N+]=[N-])cc2)NC(=O)c2ccc(C(=O)NCCCN(CCCCN(C)C(=O)c3cccc(=O)n3O)C(=O)c3cccc(=O)n3O)c(=O)n2O)n(O)c1=O. The summed E-state index contributed by atoms with van der Waals surface area (Å²) >= 11 is 10.8. The summed E-state index contributed by atoms with van der Waals surface area (Å²) in [7, 11) is 1.46. The van der Waals surface area contributed by atoms with E-state index in [0.717, 1.165) is 36.4 Å². The van der Waals surface area contributed by atoms with Gasteiger partial charge in [0, 0.05) is 100 Å². The predicted molar refractivity (Wildman–Crippen MR) is 324 cm³/mol. The lowest BCUT2D eigenvalue weighted by molar-refractivity contribution is 0.0674. The summed E-state index contributed by atoms with van der Waals surface area (Å²) < 4.78 is 0.412. The van der Waals surface area contributed by atoms with Gasteiger partial charge in [-0.15, -0.1) is 18.9 Å². The van der Waals surface area contributed by atoms with Gasteiger partial charge in [-0.05, 0) is 142 Å². The maximum atomic E-state index is 13.8. The number of unbranched alkanes of at least 4 members (excludes halogenated alkanes) is 2. The monoisotopic (exact) mass is 1240 g/mol. The van der Waals surface area contributed by atoms with Crippen LogP contribution in [0.2, 0.25) is 0 Å². The predicted octanol–water partition coefficient (Wildman–Crippen LogP) is 1.91. The molecule has 0 fully saturated rings. The van der Waals surface area contributed by atoms with E-state index < -0.39 is 86.2 Å². The molecule has 5 rings (SSSR count). The molecule has 1 aromatic carbocycles. The standard InChI is InChI=1S/C54H67N17O14S2/c1-3-25-56-45(74)37-21-23-39(70(84)49(37)78)47(76)60-33-36(12-4-5-26-58-53(86)63-34-17-19-35(20-18-34)64-54(87)59-27-10-29-61-65-55)62-48(77)40-24-22-38(50(79)71(40)85)46(75)57-28-11-32-67(52(81)42-14-9-16-44(73)69(42)83)31-7-6-30-66(2)51(80)41-13-8-15-43(72)68(41)82/h8-9,13-24,36,82-85H,3-7,10-12,25-33H2,1-2H3,(H,56,74)(H,57,75)(H,60,76)(H,62,77)(H2,58,63,86)(H2,59,64,87)/t36-/m0/s1. The van der Waals surface area contributed by atoms with E-state index in [9.17, 15) is 68.8 Å². The lowest BCUT2D eigenvalue weighted by Crippen LogP contribution is -2.46. The van der Waals surface area contributed by atoms with E-state index in [4.69, 9.17) is 30.0 Å². The molecule has 464 valence electrons. The highest BCUT2D eigenvalue weighted by atomic mass is 32.1. The van der Waals surface area contributed by atoms with Crippen molar-refractivity contribution < 1.29 is 49.6 Å². The summed E-state index contributed by atoms with van der Waals surface area (Å²) in [4.78, 5) is 135. The first-order valence-corrected chi connectivity index (χ1v) is 28.1. The summed E-state index contributed by atoms with van der Waals surface area (Å²) in [6.07, 6.45) is 2.88. The van der Waals surface area contributed by atoms with Crippen LogP contribution in [0.5, 0.6) is 0 Å². The molecular formula is C54H67N17O14S2. The molecule has 0 unspecified atom stereocenters. The van der Waals surface area contributed by atoms with E-state index in [1.807, 2.05) is 0 Å². The highest BCUT2D eigenvalue weighted by molar-refractivity contribution is 7.80. The number of rotatable bonds is 31. The molecule has 0 saturated carbocycles. The van der Waals surface area contributed by atoms with Gasteiger partial charge in [-0.3, -0.25) is 47.9 Å². The minimum absolute atomic E-state index is 0.0233. The van der Waals surface area contributed by atoms with E-state index in [0.29, 0.717) is 73.3 Å². The molecule has 5 aromatic rings. The van der Waals surface area contributed by atoms with E-state index >= 15 is 0 Å². The number of nitrogens with zero attached hydrogens (tertiary/aromatic N) is 9. The third-order valence-corrected chi connectivity index (χ3v) is 13.4. The molecule has 4 heterocycles. The number of hydrogen-bond donors (Lipinski definition) is 12. The molecule has 12 N–H and O–H groups in total. The Morgan fingerprint density at radius 1 is 0.552 bits per heavy atom. The van der Waals surface area contributed by atoms with Gasteiger partial charge in [0.25, 0.3) is 57.7 Å². The normalized spacial score (nSPS) is 11.0. The lowest BCUT2D eigenvalue weighted by atomic mass is 10.1. The van der Waals surface area contributed by atoms with Gasteiger partial charge in [0.15, 0.2) is 10.2 Å². The summed E-state index contributed by atoms with van der Waals surface area (Å²) in [5.41, 5.74) is 2.95. The minimum atomic E-state index is -1.28. The molecule has 0 aliphatic carbocycles. The summed E-state index contributed by atoms with van der Waals surface area (Å²) in [5, 5.41) is 68.6. The number of thiocarbonyl (C=S) groups is 2. The van der Waals surface area contributed by atoms with E-state index in [1.54, 1.807) is 31.2 Å². The number of nitrogens with one attached hydrogen (secondary N) is 8. The third-order valence-electron chi connectivity index (χ3n) is 12.9. The molecule has 0 aliphatic heterocycles. The van der Waals surface area contributed by atoms with Crippen molar-refractivity contribution in [1.82, 2.24) is 60.6 Å². The fourth-order valence-electron chi connectivity index (χ4n) is 8.25. The maximum absolute atomic E-state index is 13.8. The van der Waals surface area contributed by atoms with Gasteiger partial charge < -0.3 is 73.2 Å². The third kappa shape index (κ3) is 19.9. The van der Waals surface area contributed by atoms with E-state index in [1.165, 1.54) is 41.1 Å². The Labute approximate surface area is 506 Å². The first-order valence-electron chi connectivity index (χ1n) is 27.3. The summed E-state index contributed by atoms with van der Waals surface area (Å²) in [5.74, 6) is -5.07. The Kier molecular flexibility index (Phi) is 26.3. The second-order valence-corrected chi connectivity index (χ2v) is 20.1. The topological polar surface area (TPSA) is 423 Å². The van der Waals surface area contributed by atoms with Crippen LogP contribution < -0.4 is 64.8 Å². The number of pyridine rings is 4. The molecule has 0 spiro atoms. The zero-order chi connectivity index (χ0) is 63.6. The van der Waals surface area contributed by atoms with Crippen LogP contribution in [0.4, 0.5) is 11.4 Å². The van der Waals surface area contributed by atoms with Crippen LogP contribution in [-0.2, 0) is 0 Å². The van der Waals surface area contributed by atoms with Gasteiger partial charge in [-0.1, -0.05) is 24.2 Å². The molecule has 31 nitrogen and oxygen atoms in total. The molecule has 6 amide bonds. The number of benzene rings is 1. The fraction of sp³-hybridized carbons (Fsp3) is 0.370. The quantitative estimate of drug-likeness (QED) is 0.00753. The zero-order valence-corrected chi connectivity index (χ0v) is 49.0. The molecular weight excluding hydrogens is 1170 g/mol. The number of azide groups is 1. The van der Waals surface area contributed by atoms with Crippen molar-refractivity contribution >= 4 is 81.5 Å². The average Bonchev–Trinajstić information content (AvgIpc) is 3.46. The van der Waals surface area contributed by atoms with Gasteiger partial charge in [0.05, 0.1) is 0 Å². The molecule has 0 bridgehead atoms. The molecule has 1 atom stereocenters. The number of carbonyl (C=O) groups excluding carboxylic acids is 6. The van der Waals surface area contributed by atoms with Crippen LogP contribution in [0.15, 0.2) is 109 Å². The number of carbonyl (C=O) groups is 6. The Balaban J connectivity index is 1.19. The van der Waals surface area contributed by atoms with Crippen LogP contribution in [0.1, 0.15) is 121 Å². The first kappa shape index (κ1) is 67.5. The average molecular weight is 1240 g/mol. The first-order chi connectivity index (χ1) is 41.7. The second kappa shape index (κ2) is 33.9. The number of anilines is 2. The molecule has 4 aromatic heterocycles. The van der Waals surface area contributed by atoms with Crippen LogP contribution >= 0.6 is 24.4 Å². The van der Waals surface area contributed by atoms with Crippen molar-refractivity contribution in [3.63, 3.8) is 0 Å². The smallest absolute Gasteiger partial charge is 0.296 e. The molecule has 87 heavy (non-hydrogen) atoms. The Morgan fingerprint density at radius 3 is 1.60 bits per heavy atom. The van der Waals surface area contributed by atoms with Crippen LogP contribution in [-0.4, -0.2) is 167 Å². The molecule has 0 saturated heterocycles. The van der Waals surface area contributed by atoms with Gasteiger partial charge >= 0.3 is 0 Å². The van der Waals surface area contributed by atoms with Crippen molar-refractivity contribution in [2.75, 3.05) is 76.6 Å². The second-order valence-electron chi connectivity index (χ2n) is 19.2. The number of amides is 6. The van der Waals surface area contributed by atoms with Crippen molar-refractivity contribution in [3.05, 3.63) is 171 Å². The van der Waals surface area contributed by atoms with Crippen LogP contribution in [0.25, 0.3) is 10.4 Å². The Bertz CT molecular complexity index is 3600. The number of hydrogen-bond acceptors (Lipinski definition) is 17. The van der Waals surface area contributed by atoms with Crippen molar-refractivity contribution in [1.29, 1.82) is 0 Å². The highest BCUT2D eigenvalue weighted by Gasteiger charge is 2.25. The summed E-state index contributed by atoms with van der Waals surface area (Å²) in [6, 6.07) is 17.6. The van der Waals surface area contributed by atoms with E-state index in [-0.39, 0.29) is 88.8 Å². The minimum Gasteiger partial charge on any atom is -0.425 e. The molecule has 0 radical (unpaired) electrons. The van der Waals surface area contributed by atoms with E-state index in [2.05, 4.69) is 52.6 Å². The maximum Gasteiger partial charge on any atom is 0.296 e. The Morgan fingerprint density at radius 2 is 1.05 bits per heavy atom. The molecule has 0 aliphatic rings. The zero-order valence-electron chi connectivity index (χ0n) is 47.4. The van der Waals surface area contributed by atoms with Gasteiger partial charge in [-0.2, -0.15) is 0 Å². The van der Waals surface area contributed by atoms with Gasteiger partial charge in [0.2, 0.25) is 0 Å². The van der Waals surface area contributed by atoms with Crippen molar-refractivity contribution in [2.45, 2.75) is 64.3 Å². The van der Waals surface area contributed by atoms with Crippen LogP contribution in [0, 0.1) is 0 Å².